The molecule has 0 aromatic heterocycles. The average molecular weight is 222 g/mol. The van der Waals surface area contributed by atoms with Crippen molar-refractivity contribution in [2.24, 2.45) is 0 Å². The van der Waals surface area contributed by atoms with Crippen molar-refractivity contribution < 1.29 is 0 Å². The second-order valence-corrected chi connectivity index (χ2v) is 5.39. The van der Waals surface area contributed by atoms with Gasteiger partial charge in [0.05, 0.1) is 0 Å². The summed E-state index contributed by atoms with van der Waals surface area (Å²) < 4.78 is 0. The lowest BCUT2D eigenvalue weighted by atomic mass is 10.1. The Balaban J connectivity index is 1.42. The Morgan fingerprint density at radius 3 is 2.88 bits per heavy atom. The number of nitrogens with one attached hydrogen (secondary N) is 1. The van der Waals surface area contributed by atoms with Crippen molar-refractivity contribution in [1.29, 1.82) is 0 Å². The normalized spacial score (nSPS) is 22.2. The van der Waals surface area contributed by atoms with Crippen molar-refractivity contribution in [3.63, 3.8) is 0 Å². The molecular weight excluding hydrogens is 196 g/mol. The molecule has 2 nitrogen and oxygen atoms in total. The zero-order valence-corrected chi connectivity index (χ0v) is 10.7. The second kappa shape index (κ2) is 6.41. The van der Waals surface area contributed by atoms with E-state index in [0.29, 0.717) is 0 Å². The molecule has 92 valence electrons. The van der Waals surface area contributed by atoms with E-state index in [2.05, 4.69) is 23.2 Å². The molecular formula is C14H26N2. The van der Waals surface area contributed by atoms with Gasteiger partial charge in [0.2, 0.25) is 0 Å². The second-order valence-electron chi connectivity index (χ2n) is 5.39. The van der Waals surface area contributed by atoms with Gasteiger partial charge in [-0.25, -0.2) is 0 Å². The summed E-state index contributed by atoms with van der Waals surface area (Å²) in [7, 11) is 0. The van der Waals surface area contributed by atoms with Crippen LogP contribution in [0.2, 0.25) is 0 Å². The summed E-state index contributed by atoms with van der Waals surface area (Å²) in [5.41, 5.74) is 1.57. The maximum absolute atomic E-state index is 3.58. The first-order chi connectivity index (χ1) is 7.84. The fraction of sp³-hybridized carbons (Fsp3) is 0.857. The third-order valence-corrected chi connectivity index (χ3v) is 3.68. The molecule has 0 aromatic carbocycles. The summed E-state index contributed by atoms with van der Waals surface area (Å²) in [6, 6.07) is 0.884. The Morgan fingerprint density at radius 1 is 1.31 bits per heavy atom. The predicted octanol–water partition coefficient (Wildman–Crippen LogP) is 2.56. The highest BCUT2D eigenvalue weighted by atomic mass is 15.1. The van der Waals surface area contributed by atoms with E-state index < -0.39 is 0 Å². The fourth-order valence-electron chi connectivity index (χ4n) is 2.25. The molecule has 2 heteroatoms. The third kappa shape index (κ3) is 4.67. The van der Waals surface area contributed by atoms with Gasteiger partial charge < -0.3 is 5.32 Å². The van der Waals surface area contributed by atoms with Gasteiger partial charge in [-0.05, 0) is 52.1 Å². The Kier molecular flexibility index (Phi) is 4.86. The van der Waals surface area contributed by atoms with Crippen LogP contribution in [0.5, 0.6) is 0 Å². The van der Waals surface area contributed by atoms with Crippen LogP contribution in [0.4, 0.5) is 0 Å². The molecule has 0 saturated heterocycles. The first kappa shape index (κ1) is 12.1. The molecule has 1 saturated carbocycles. The molecule has 2 aliphatic rings. The van der Waals surface area contributed by atoms with E-state index >= 15 is 0 Å². The third-order valence-electron chi connectivity index (χ3n) is 3.68. The fourth-order valence-corrected chi connectivity index (χ4v) is 2.25. The molecule has 16 heavy (non-hydrogen) atoms. The van der Waals surface area contributed by atoms with E-state index in [1.54, 1.807) is 5.57 Å². The van der Waals surface area contributed by atoms with Gasteiger partial charge >= 0.3 is 0 Å². The maximum atomic E-state index is 3.58. The number of hydrogen-bond donors (Lipinski definition) is 1. The highest BCUT2D eigenvalue weighted by Gasteiger charge is 2.19. The minimum absolute atomic E-state index is 0.884. The van der Waals surface area contributed by atoms with Crippen LogP contribution >= 0.6 is 0 Å². The molecule has 0 spiro atoms. The van der Waals surface area contributed by atoms with E-state index in [9.17, 15) is 0 Å². The zero-order chi connectivity index (χ0) is 11.2. The number of nitrogens with zero attached hydrogens (tertiary/aromatic N) is 1. The molecule has 1 heterocycles. The average Bonchev–Trinajstić information content (AvgIpc) is 3.10. The Labute approximate surface area is 100 Å². The lowest BCUT2D eigenvalue weighted by molar-refractivity contribution is 0.286. The molecule has 0 bridgehead atoms. The summed E-state index contributed by atoms with van der Waals surface area (Å²) in [6.07, 6.45) is 10.6. The van der Waals surface area contributed by atoms with E-state index in [1.165, 1.54) is 64.7 Å². The van der Waals surface area contributed by atoms with Gasteiger partial charge in [-0.3, -0.25) is 4.90 Å². The zero-order valence-electron chi connectivity index (χ0n) is 10.7. The summed E-state index contributed by atoms with van der Waals surface area (Å²) in [6.45, 7) is 7.26. The molecule has 0 unspecified atom stereocenters. The van der Waals surface area contributed by atoms with Crippen LogP contribution in [0.25, 0.3) is 0 Å². The van der Waals surface area contributed by atoms with Crippen molar-refractivity contribution in [3.05, 3.63) is 11.6 Å². The molecule has 2 rings (SSSR count). The van der Waals surface area contributed by atoms with Crippen LogP contribution in [-0.4, -0.2) is 37.1 Å². The standard InChI is InChI=1S/C14H26N2/c1-13-7-11-16(12-8-13)10-4-2-3-9-15-14-5-6-14/h7,14-15H,2-6,8-12H2,1H3. The van der Waals surface area contributed by atoms with Gasteiger partial charge in [-0.15, -0.1) is 0 Å². The van der Waals surface area contributed by atoms with Gasteiger partial charge in [0.25, 0.3) is 0 Å². The van der Waals surface area contributed by atoms with Crippen molar-refractivity contribution in [2.75, 3.05) is 26.2 Å². The van der Waals surface area contributed by atoms with Crippen LogP contribution in [0, 0.1) is 0 Å². The van der Waals surface area contributed by atoms with Crippen LogP contribution in [0.15, 0.2) is 11.6 Å². The van der Waals surface area contributed by atoms with Crippen molar-refractivity contribution in [1.82, 2.24) is 10.2 Å². The first-order valence-electron chi connectivity index (χ1n) is 6.96. The lowest BCUT2D eigenvalue weighted by Crippen LogP contribution is -2.29. The van der Waals surface area contributed by atoms with Crippen molar-refractivity contribution >= 4 is 0 Å². The van der Waals surface area contributed by atoms with Gasteiger partial charge in [-0.1, -0.05) is 18.1 Å². The summed E-state index contributed by atoms with van der Waals surface area (Å²) >= 11 is 0. The van der Waals surface area contributed by atoms with Crippen LogP contribution < -0.4 is 5.32 Å². The van der Waals surface area contributed by atoms with Crippen molar-refractivity contribution in [3.8, 4) is 0 Å². The Bertz CT molecular complexity index is 231. The molecule has 0 radical (unpaired) electrons. The molecule has 1 fully saturated rings. The molecule has 1 aliphatic heterocycles. The van der Waals surface area contributed by atoms with Crippen LogP contribution in [-0.2, 0) is 0 Å². The summed E-state index contributed by atoms with van der Waals surface area (Å²) in [4.78, 5) is 2.58. The maximum Gasteiger partial charge on any atom is 0.0165 e. The highest BCUT2D eigenvalue weighted by molar-refractivity contribution is 5.03. The van der Waals surface area contributed by atoms with Crippen molar-refractivity contribution in [2.45, 2.75) is 51.5 Å². The highest BCUT2D eigenvalue weighted by Crippen LogP contribution is 2.18. The van der Waals surface area contributed by atoms with E-state index in [4.69, 9.17) is 0 Å². The predicted molar refractivity (Wildman–Crippen MR) is 69.7 cm³/mol. The quantitative estimate of drug-likeness (QED) is 0.526. The van der Waals surface area contributed by atoms with Gasteiger partial charge in [0.1, 0.15) is 0 Å². The first-order valence-corrected chi connectivity index (χ1v) is 6.96. The van der Waals surface area contributed by atoms with Crippen LogP contribution in [0.1, 0.15) is 45.4 Å². The Morgan fingerprint density at radius 2 is 2.19 bits per heavy atom. The van der Waals surface area contributed by atoms with E-state index in [1.807, 2.05) is 0 Å². The molecule has 0 amide bonds. The smallest absolute Gasteiger partial charge is 0.0165 e. The molecule has 0 aromatic rings. The van der Waals surface area contributed by atoms with Gasteiger partial charge in [0, 0.05) is 19.1 Å². The number of unbranched alkanes of at least 4 members (excludes halogenated alkanes) is 2. The lowest BCUT2D eigenvalue weighted by Gasteiger charge is -2.25. The Hall–Kier alpha value is -0.340. The minimum Gasteiger partial charge on any atom is -0.314 e. The number of rotatable bonds is 7. The van der Waals surface area contributed by atoms with E-state index in [0.717, 1.165) is 6.04 Å². The number of hydrogen-bond acceptors (Lipinski definition) is 2. The van der Waals surface area contributed by atoms with E-state index in [-0.39, 0.29) is 0 Å². The summed E-state index contributed by atoms with van der Waals surface area (Å²) in [5.74, 6) is 0. The summed E-state index contributed by atoms with van der Waals surface area (Å²) in [5, 5.41) is 3.58. The molecule has 1 N–H and O–H groups in total. The SMILES string of the molecule is CC1=CCN(CCCCCNC2CC2)CC1. The van der Waals surface area contributed by atoms with Gasteiger partial charge in [-0.2, -0.15) is 0 Å². The topological polar surface area (TPSA) is 15.3 Å². The molecule has 1 aliphatic carbocycles. The minimum atomic E-state index is 0.884. The monoisotopic (exact) mass is 222 g/mol. The molecule has 0 atom stereocenters. The van der Waals surface area contributed by atoms with Crippen LogP contribution in [0.3, 0.4) is 0 Å². The van der Waals surface area contributed by atoms with Gasteiger partial charge in [0.15, 0.2) is 0 Å². The largest absolute Gasteiger partial charge is 0.314 e.